The topological polar surface area (TPSA) is 72.7 Å². The molecule has 25 heavy (non-hydrogen) atoms. The molecule has 3 aromatic heterocycles. The Kier molecular flexibility index (Phi) is 5.93. The number of aromatic nitrogens is 4. The molecule has 0 unspecified atom stereocenters. The van der Waals surface area contributed by atoms with Crippen LogP contribution in [0.5, 0.6) is 0 Å². The van der Waals surface area contributed by atoms with Crippen LogP contribution in [0.4, 0.5) is 5.13 Å². The molecule has 0 spiro atoms. The van der Waals surface area contributed by atoms with Gasteiger partial charge in [0.15, 0.2) is 5.13 Å². The zero-order valence-corrected chi connectivity index (χ0v) is 16.0. The lowest BCUT2D eigenvalue weighted by molar-refractivity contribution is 0.102. The van der Waals surface area contributed by atoms with Gasteiger partial charge in [-0.3, -0.25) is 10.1 Å². The van der Waals surface area contributed by atoms with Gasteiger partial charge >= 0.3 is 0 Å². The van der Waals surface area contributed by atoms with Gasteiger partial charge in [-0.1, -0.05) is 49.4 Å². The predicted molar refractivity (Wildman–Crippen MR) is 102 cm³/mol. The highest BCUT2D eigenvalue weighted by molar-refractivity contribution is 7.17. The van der Waals surface area contributed by atoms with Gasteiger partial charge in [0.05, 0.1) is 5.69 Å². The number of hydrogen-bond acceptors (Lipinski definition) is 6. The largest absolute Gasteiger partial charge is 0.300 e. The van der Waals surface area contributed by atoms with Gasteiger partial charge in [0, 0.05) is 18.8 Å². The maximum absolute atomic E-state index is 12.7. The van der Waals surface area contributed by atoms with E-state index in [0.29, 0.717) is 10.0 Å². The van der Waals surface area contributed by atoms with E-state index in [2.05, 4.69) is 34.3 Å². The third-order valence-corrected chi connectivity index (χ3v) is 5.64. The second-order valence-electron chi connectivity index (χ2n) is 5.67. The van der Waals surface area contributed by atoms with Crippen LogP contribution in [0.1, 0.15) is 53.5 Å². The molecule has 0 bridgehead atoms. The van der Waals surface area contributed by atoms with E-state index in [0.717, 1.165) is 47.9 Å². The highest BCUT2D eigenvalue weighted by Crippen LogP contribution is 2.25. The first-order valence-electron chi connectivity index (χ1n) is 8.48. The Morgan fingerprint density at radius 3 is 2.64 bits per heavy atom. The van der Waals surface area contributed by atoms with Crippen LogP contribution in [0.15, 0.2) is 24.5 Å². The van der Waals surface area contributed by atoms with Crippen molar-refractivity contribution in [2.24, 2.45) is 0 Å². The SMILES string of the molecule is CCCCc1nnc(NC(=O)c2sc(-n3cccc3)nc2CCC)s1. The number of unbranched alkanes of at least 4 members (excludes halogenated alkanes) is 1. The highest BCUT2D eigenvalue weighted by Gasteiger charge is 2.19. The van der Waals surface area contributed by atoms with Crippen LogP contribution in [-0.2, 0) is 12.8 Å². The average Bonchev–Trinajstić information content (AvgIpc) is 3.33. The first-order valence-corrected chi connectivity index (χ1v) is 10.1. The molecule has 0 radical (unpaired) electrons. The summed E-state index contributed by atoms with van der Waals surface area (Å²) in [7, 11) is 0. The van der Waals surface area contributed by atoms with Gasteiger partial charge in [-0.15, -0.1) is 10.2 Å². The molecular weight excluding hydrogens is 354 g/mol. The van der Waals surface area contributed by atoms with Crippen molar-refractivity contribution in [1.82, 2.24) is 19.7 Å². The minimum atomic E-state index is -0.155. The lowest BCUT2D eigenvalue weighted by atomic mass is 10.2. The van der Waals surface area contributed by atoms with Crippen molar-refractivity contribution >= 4 is 33.7 Å². The first kappa shape index (κ1) is 17.8. The minimum absolute atomic E-state index is 0.155. The summed E-state index contributed by atoms with van der Waals surface area (Å²) in [5.74, 6) is -0.155. The molecule has 3 rings (SSSR count). The standard InChI is InChI=1S/C17H21N5OS2/c1-3-5-9-13-20-21-16(24-13)19-15(23)14-12(8-4-2)18-17(25-14)22-10-6-7-11-22/h6-7,10-11H,3-5,8-9H2,1-2H3,(H,19,21,23). The number of amides is 1. The Morgan fingerprint density at radius 2 is 1.92 bits per heavy atom. The van der Waals surface area contributed by atoms with Crippen LogP contribution in [0.2, 0.25) is 0 Å². The summed E-state index contributed by atoms with van der Waals surface area (Å²) in [4.78, 5) is 18.0. The number of carbonyl (C=O) groups is 1. The van der Waals surface area contributed by atoms with E-state index >= 15 is 0 Å². The van der Waals surface area contributed by atoms with Crippen molar-refractivity contribution in [2.75, 3.05) is 5.32 Å². The van der Waals surface area contributed by atoms with Gasteiger partial charge in [-0.2, -0.15) is 0 Å². The molecule has 3 aromatic rings. The molecular formula is C17H21N5OS2. The Labute approximate surface area is 155 Å². The van der Waals surface area contributed by atoms with E-state index in [1.54, 1.807) is 0 Å². The molecule has 6 nitrogen and oxygen atoms in total. The predicted octanol–water partition coefficient (Wildman–Crippen LogP) is 4.33. The summed E-state index contributed by atoms with van der Waals surface area (Å²) in [6.45, 7) is 4.23. The smallest absolute Gasteiger partial charge is 0.269 e. The summed E-state index contributed by atoms with van der Waals surface area (Å²) in [6.07, 6.45) is 8.68. The number of hydrogen-bond donors (Lipinski definition) is 1. The summed E-state index contributed by atoms with van der Waals surface area (Å²) < 4.78 is 1.93. The molecule has 8 heteroatoms. The molecule has 0 aromatic carbocycles. The summed E-state index contributed by atoms with van der Waals surface area (Å²) in [5, 5.41) is 13.4. The van der Waals surface area contributed by atoms with Crippen molar-refractivity contribution < 1.29 is 4.79 Å². The lowest BCUT2D eigenvalue weighted by Crippen LogP contribution is -2.12. The normalized spacial score (nSPS) is 11.0. The van der Waals surface area contributed by atoms with Gasteiger partial charge in [0.2, 0.25) is 5.13 Å². The van der Waals surface area contributed by atoms with Crippen LogP contribution in [-0.4, -0.2) is 25.7 Å². The van der Waals surface area contributed by atoms with E-state index in [-0.39, 0.29) is 5.91 Å². The number of carbonyl (C=O) groups excluding carboxylic acids is 1. The molecule has 0 fully saturated rings. The van der Waals surface area contributed by atoms with Crippen LogP contribution in [0, 0.1) is 0 Å². The summed E-state index contributed by atoms with van der Waals surface area (Å²) in [6, 6.07) is 3.89. The molecule has 0 saturated carbocycles. The second kappa shape index (κ2) is 8.35. The maximum atomic E-state index is 12.7. The van der Waals surface area contributed by atoms with E-state index in [1.165, 1.54) is 22.7 Å². The monoisotopic (exact) mass is 375 g/mol. The number of nitrogens with one attached hydrogen (secondary N) is 1. The molecule has 1 N–H and O–H groups in total. The van der Waals surface area contributed by atoms with E-state index in [9.17, 15) is 4.79 Å². The third kappa shape index (κ3) is 4.32. The summed E-state index contributed by atoms with van der Waals surface area (Å²) in [5.41, 5.74) is 0.837. The third-order valence-electron chi connectivity index (χ3n) is 3.64. The molecule has 0 atom stereocenters. The molecule has 132 valence electrons. The van der Waals surface area contributed by atoms with Gasteiger partial charge in [0.1, 0.15) is 9.88 Å². The lowest BCUT2D eigenvalue weighted by Gasteiger charge is -2.00. The van der Waals surface area contributed by atoms with Crippen molar-refractivity contribution in [1.29, 1.82) is 0 Å². The minimum Gasteiger partial charge on any atom is -0.300 e. The molecule has 0 saturated heterocycles. The molecule has 3 heterocycles. The molecule has 0 aliphatic carbocycles. The maximum Gasteiger partial charge on any atom is 0.269 e. The van der Waals surface area contributed by atoms with Crippen LogP contribution < -0.4 is 5.32 Å². The average molecular weight is 376 g/mol. The molecule has 0 aliphatic heterocycles. The Morgan fingerprint density at radius 1 is 1.12 bits per heavy atom. The highest BCUT2D eigenvalue weighted by atomic mass is 32.1. The van der Waals surface area contributed by atoms with E-state index < -0.39 is 0 Å². The van der Waals surface area contributed by atoms with Gasteiger partial charge < -0.3 is 4.57 Å². The fourth-order valence-electron chi connectivity index (χ4n) is 2.38. The van der Waals surface area contributed by atoms with Crippen LogP contribution in [0.25, 0.3) is 5.13 Å². The van der Waals surface area contributed by atoms with Crippen molar-refractivity contribution in [3.63, 3.8) is 0 Å². The second-order valence-corrected chi connectivity index (χ2v) is 7.71. The zero-order chi connectivity index (χ0) is 17.6. The van der Waals surface area contributed by atoms with Gasteiger partial charge in [0.25, 0.3) is 5.91 Å². The van der Waals surface area contributed by atoms with Crippen molar-refractivity contribution in [3.05, 3.63) is 40.1 Å². The van der Waals surface area contributed by atoms with Gasteiger partial charge in [-0.25, -0.2) is 4.98 Å². The fourth-order valence-corrected chi connectivity index (χ4v) is 4.13. The molecule has 0 aliphatic rings. The van der Waals surface area contributed by atoms with Crippen LogP contribution >= 0.6 is 22.7 Å². The van der Waals surface area contributed by atoms with E-state index in [1.807, 2.05) is 29.1 Å². The Hall–Kier alpha value is -2.06. The number of aryl methyl sites for hydroxylation is 2. The van der Waals surface area contributed by atoms with Crippen molar-refractivity contribution in [3.8, 4) is 5.13 Å². The van der Waals surface area contributed by atoms with Gasteiger partial charge in [-0.05, 0) is 25.0 Å². The first-order chi connectivity index (χ1) is 12.2. The number of anilines is 1. The quantitative estimate of drug-likeness (QED) is 0.636. The van der Waals surface area contributed by atoms with E-state index in [4.69, 9.17) is 0 Å². The molecule has 1 amide bonds. The number of rotatable bonds is 8. The zero-order valence-electron chi connectivity index (χ0n) is 14.4. The fraction of sp³-hybridized carbons (Fsp3) is 0.412. The summed E-state index contributed by atoms with van der Waals surface area (Å²) >= 11 is 2.85. The van der Waals surface area contributed by atoms with Crippen molar-refractivity contribution in [2.45, 2.75) is 46.0 Å². The van der Waals surface area contributed by atoms with Crippen LogP contribution in [0.3, 0.4) is 0 Å². The Bertz CT molecular complexity index is 822. The number of nitrogens with zero attached hydrogens (tertiary/aromatic N) is 4. The number of thiazole rings is 1. The Balaban J connectivity index is 1.77.